The molecule has 0 atom stereocenters. The van der Waals surface area contributed by atoms with E-state index in [1.54, 1.807) is 0 Å². The summed E-state index contributed by atoms with van der Waals surface area (Å²) >= 11 is 0. The molecule has 3 aromatic carbocycles. The molecule has 1 N–H and O–H groups in total. The second kappa shape index (κ2) is 8.90. The van der Waals surface area contributed by atoms with Crippen molar-refractivity contribution >= 4 is 11.6 Å². The van der Waals surface area contributed by atoms with Crippen molar-refractivity contribution in [3.05, 3.63) is 83.9 Å². The third-order valence-corrected chi connectivity index (χ3v) is 4.06. The number of carbonyl (C=O) groups excluding carboxylic acids is 1. The SMILES string of the molecule is Cc1ccc(C)c(OCCC(=O)Nc2ccccc2Oc2ccccc2)c1. The summed E-state index contributed by atoms with van der Waals surface area (Å²) in [6.45, 7) is 4.33. The van der Waals surface area contributed by atoms with E-state index in [9.17, 15) is 4.79 Å². The summed E-state index contributed by atoms with van der Waals surface area (Å²) < 4.78 is 11.6. The number of anilines is 1. The van der Waals surface area contributed by atoms with E-state index in [0.29, 0.717) is 18.0 Å². The number of ether oxygens (including phenoxy) is 2. The van der Waals surface area contributed by atoms with Crippen molar-refractivity contribution in [2.45, 2.75) is 20.3 Å². The van der Waals surface area contributed by atoms with Gasteiger partial charge in [0, 0.05) is 0 Å². The van der Waals surface area contributed by atoms with Crippen LogP contribution >= 0.6 is 0 Å². The predicted octanol–water partition coefficient (Wildman–Crippen LogP) is 5.50. The maximum Gasteiger partial charge on any atom is 0.227 e. The van der Waals surface area contributed by atoms with Gasteiger partial charge in [-0.05, 0) is 55.3 Å². The van der Waals surface area contributed by atoms with Crippen LogP contribution in [0.1, 0.15) is 17.5 Å². The van der Waals surface area contributed by atoms with Gasteiger partial charge in [-0.3, -0.25) is 4.79 Å². The van der Waals surface area contributed by atoms with E-state index in [1.165, 1.54) is 0 Å². The van der Waals surface area contributed by atoms with Crippen molar-refractivity contribution in [2.24, 2.45) is 0 Å². The van der Waals surface area contributed by atoms with Crippen LogP contribution in [0.15, 0.2) is 72.8 Å². The number of carbonyl (C=O) groups is 1. The second-order valence-electron chi connectivity index (χ2n) is 6.33. The molecule has 27 heavy (non-hydrogen) atoms. The topological polar surface area (TPSA) is 47.6 Å². The fourth-order valence-electron chi connectivity index (χ4n) is 2.60. The summed E-state index contributed by atoms with van der Waals surface area (Å²) in [5.74, 6) is 2.02. The first kappa shape index (κ1) is 18.5. The molecule has 0 fully saturated rings. The van der Waals surface area contributed by atoms with E-state index in [1.807, 2.05) is 86.6 Å². The number of nitrogens with one attached hydrogen (secondary N) is 1. The average molecular weight is 361 g/mol. The van der Waals surface area contributed by atoms with Crippen molar-refractivity contribution in [3.8, 4) is 17.2 Å². The summed E-state index contributed by atoms with van der Waals surface area (Å²) in [7, 11) is 0. The van der Waals surface area contributed by atoms with Crippen LogP contribution < -0.4 is 14.8 Å². The van der Waals surface area contributed by atoms with Gasteiger partial charge in [0.2, 0.25) is 5.91 Å². The zero-order valence-corrected chi connectivity index (χ0v) is 15.6. The first-order chi connectivity index (χ1) is 13.1. The molecule has 0 spiro atoms. The third-order valence-electron chi connectivity index (χ3n) is 4.06. The van der Waals surface area contributed by atoms with Gasteiger partial charge in [-0.15, -0.1) is 0 Å². The molecule has 0 saturated heterocycles. The molecular weight excluding hydrogens is 338 g/mol. The molecule has 3 rings (SSSR count). The molecule has 4 nitrogen and oxygen atoms in total. The minimum atomic E-state index is -0.121. The molecule has 3 aromatic rings. The Morgan fingerprint density at radius 2 is 1.63 bits per heavy atom. The van der Waals surface area contributed by atoms with Crippen LogP contribution in [0, 0.1) is 13.8 Å². The summed E-state index contributed by atoms with van der Waals surface area (Å²) in [6, 6.07) is 22.9. The van der Waals surface area contributed by atoms with Crippen molar-refractivity contribution in [1.82, 2.24) is 0 Å². The molecule has 0 bridgehead atoms. The number of rotatable bonds is 7. The van der Waals surface area contributed by atoms with E-state index in [-0.39, 0.29) is 12.3 Å². The molecule has 0 aliphatic rings. The number of aryl methyl sites for hydroxylation is 2. The van der Waals surface area contributed by atoms with Gasteiger partial charge in [0.05, 0.1) is 18.7 Å². The van der Waals surface area contributed by atoms with Gasteiger partial charge >= 0.3 is 0 Å². The normalized spacial score (nSPS) is 10.3. The van der Waals surface area contributed by atoms with Gasteiger partial charge in [-0.1, -0.05) is 42.5 Å². The second-order valence-corrected chi connectivity index (χ2v) is 6.33. The summed E-state index contributed by atoms with van der Waals surface area (Å²) in [5, 5.41) is 2.90. The number of hydrogen-bond donors (Lipinski definition) is 1. The standard InChI is InChI=1S/C23H23NO3/c1-17-12-13-18(2)22(16-17)26-15-14-23(25)24-20-10-6-7-11-21(20)27-19-8-4-3-5-9-19/h3-13,16H,14-15H2,1-2H3,(H,24,25). The molecule has 0 aliphatic heterocycles. The van der Waals surface area contributed by atoms with E-state index in [4.69, 9.17) is 9.47 Å². The Morgan fingerprint density at radius 3 is 2.44 bits per heavy atom. The Bertz CT molecular complexity index is 907. The molecular formula is C23H23NO3. The van der Waals surface area contributed by atoms with Crippen LogP contribution in [0.2, 0.25) is 0 Å². The largest absolute Gasteiger partial charge is 0.493 e. The minimum Gasteiger partial charge on any atom is -0.493 e. The lowest BCUT2D eigenvalue weighted by molar-refractivity contribution is -0.116. The predicted molar refractivity (Wildman–Crippen MR) is 108 cm³/mol. The Kier molecular flexibility index (Phi) is 6.10. The minimum absolute atomic E-state index is 0.121. The highest BCUT2D eigenvalue weighted by molar-refractivity contribution is 5.92. The molecule has 0 aliphatic carbocycles. The lowest BCUT2D eigenvalue weighted by Gasteiger charge is -2.13. The van der Waals surface area contributed by atoms with Crippen LogP contribution in [0.5, 0.6) is 17.2 Å². The fraction of sp³-hybridized carbons (Fsp3) is 0.174. The Morgan fingerprint density at radius 1 is 0.889 bits per heavy atom. The van der Waals surface area contributed by atoms with Crippen molar-refractivity contribution in [1.29, 1.82) is 0 Å². The van der Waals surface area contributed by atoms with Gasteiger partial charge < -0.3 is 14.8 Å². The van der Waals surface area contributed by atoms with Crippen molar-refractivity contribution < 1.29 is 14.3 Å². The van der Waals surface area contributed by atoms with Gasteiger partial charge in [0.15, 0.2) is 5.75 Å². The van der Waals surface area contributed by atoms with Gasteiger partial charge in [-0.2, -0.15) is 0 Å². The Balaban J connectivity index is 1.57. The van der Waals surface area contributed by atoms with Gasteiger partial charge in [0.25, 0.3) is 0 Å². The van der Waals surface area contributed by atoms with Crippen LogP contribution in [0.4, 0.5) is 5.69 Å². The number of amides is 1. The van der Waals surface area contributed by atoms with Crippen molar-refractivity contribution in [3.63, 3.8) is 0 Å². The third kappa shape index (κ3) is 5.35. The van der Waals surface area contributed by atoms with Crippen LogP contribution in [-0.2, 0) is 4.79 Å². The van der Waals surface area contributed by atoms with E-state index in [0.717, 1.165) is 22.6 Å². The van der Waals surface area contributed by atoms with Crippen LogP contribution in [0.25, 0.3) is 0 Å². The molecule has 0 heterocycles. The molecule has 0 unspecified atom stereocenters. The lowest BCUT2D eigenvalue weighted by atomic mass is 10.1. The van der Waals surface area contributed by atoms with E-state index < -0.39 is 0 Å². The first-order valence-electron chi connectivity index (χ1n) is 8.93. The number of benzene rings is 3. The summed E-state index contributed by atoms with van der Waals surface area (Å²) in [4.78, 5) is 12.3. The molecule has 0 radical (unpaired) electrons. The molecule has 138 valence electrons. The number of hydrogen-bond acceptors (Lipinski definition) is 3. The highest BCUT2D eigenvalue weighted by Gasteiger charge is 2.09. The Hall–Kier alpha value is -3.27. The van der Waals surface area contributed by atoms with Gasteiger partial charge in [0.1, 0.15) is 11.5 Å². The lowest BCUT2D eigenvalue weighted by Crippen LogP contribution is -2.15. The molecule has 1 amide bonds. The average Bonchev–Trinajstić information content (AvgIpc) is 2.67. The summed E-state index contributed by atoms with van der Waals surface area (Å²) in [5.41, 5.74) is 2.83. The quantitative estimate of drug-likeness (QED) is 0.604. The fourth-order valence-corrected chi connectivity index (χ4v) is 2.60. The zero-order valence-electron chi connectivity index (χ0n) is 15.6. The maximum absolute atomic E-state index is 12.3. The first-order valence-corrected chi connectivity index (χ1v) is 8.93. The van der Waals surface area contributed by atoms with Gasteiger partial charge in [-0.25, -0.2) is 0 Å². The highest BCUT2D eigenvalue weighted by Crippen LogP contribution is 2.29. The zero-order chi connectivity index (χ0) is 19.1. The Labute approximate surface area is 159 Å². The number of para-hydroxylation sites is 3. The maximum atomic E-state index is 12.3. The smallest absolute Gasteiger partial charge is 0.227 e. The van der Waals surface area contributed by atoms with Crippen molar-refractivity contribution in [2.75, 3.05) is 11.9 Å². The van der Waals surface area contributed by atoms with E-state index >= 15 is 0 Å². The van der Waals surface area contributed by atoms with E-state index in [2.05, 4.69) is 5.32 Å². The highest BCUT2D eigenvalue weighted by atomic mass is 16.5. The van der Waals surface area contributed by atoms with Crippen LogP contribution in [-0.4, -0.2) is 12.5 Å². The monoisotopic (exact) mass is 361 g/mol. The molecule has 0 saturated carbocycles. The molecule has 0 aromatic heterocycles. The summed E-state index contributed by atoms with van der Waals surface area (Å²) in [6.07, 6.45) is 0.257. The molecule has 4 heteroatoms. The van der Waals surface area contributed by atoms with Crippen LogP contribution in [0.3, 0.4) is 0 Å².